The highest BCUT2D eigenvalue weighted by Crippen LogP contribution is 2.36. The Kier molecular flexibility index (Phi) is 4.65. The van der Waals surface area contributed by atoms with E-state index in [4.69, 9.17) is 4.98 Å². The summed E-state index contributed by atoms with van der Waals surface area (Å²) in [5.41, 5.74) is 0.493. The maximum atomic E-state index is 13.4. The molecule has 0 aliphatic rings. The fourth-order valence-electron chi connectivity index (χ4n) is 3.24. The van der Waals surface area contributed by atoms with Gasteiger partial charge in [0.25, 0.3) is 5.56 Å². The highest BCUT2D eigenvalue weighted by atomic mass is 79.9. The number of hydrogen-bond acceptors (Lipinski definition) is 5. The number of phenols is 2. The topological polar surface area (TPSA) is 75.4 Å². The lowest BCUT2D eigenvalue weighted by atomic mass is 10.1. The smallest absolute Gasteiger partial charge is 0.263 e. The number of fused-ring (bicyclic) bond motifs is 3. The van der Waals surface area contributed by atoms with Crippen LogP contribution in [-0.4, -0.2) is 19.8 Å². The summed E-state index contributed by atoms with van der Waals surface area (Å²) in [4.78, 5) is 18.7. The molecule has 5 nitrogen and oxygen atoms in total. The van der Waals surface area contributed by atoms with Crippen LogP contribution >= 0.6 is 27.3 Å². The van der Waals surface area contributed by atoms with Crippen molar-refractivity contribution in [3.63, 3.8) is 0 Å². The normalized spacial score (nSPS) is 11.5. The predicted octanol–water partition coefficient (Wildman–Crippen LogP) is 4.79. The van der Waals surface area contributed by atoms with E-state index < -0.39 is 0 Å². The molecule has 2 N–H and O–H groups in total. The van der Waals surface area contributed by atoms with Gasteiger partial charge in [-0.05, 0) is 30.7 Å². The Hall–Kier alpha value is -2.38. The van der Waals surface area contributed by atoms with E-state index in [2.05, 4.69) is 15.9 Å². The Labute approximate surface area is 167 Å². The van der Waals surface area contributed by atoms with Gasteiger partial charge in [0.1, 0.15) is 22.2 Å². The van der Waals surface area contributed by atoms with Gasteiger partial charge in [0.05, 0.1) is 16.6 Å². The molecule has 0 aliphatic carbocycles. The van der Waals surface area contributed by atoms with E-state index in [1.807, 2.05) is 13.0 Å². The molecule has 138 valence electrons. The first-order chi connectivity index (χ1) is 13.0. The number of benzene rings is 2. The molecule has 0 fully saturated rings. The van der Waals surface area contributed by atoms with Crippen LogP contribution in [-0.2, 0) is 13.0 Å². The molecule has 4 rings (SSSR count). The van der Waals surface area contributed by atoms with Gasteiger partial charge < -0.3 is 10.2 Å². The van der Waals surface area contributed by atoms with Crippen LogP contribution in [0.1, 0.15) is 24.7 Å². The molecular weight excluding hydrogens is 428 g/mol. The van der Waals surface area contributed by atoms with Crippen molar-refractivity contribution < 1.29 is 10.2 Å². The predicted molar refractivity (Wildman–Crippen MR) is 112 cm³/mol. The van der Waals surface area contributed by atoms with Gasteiger partial charge in [-0.3, -0.25) is 9.36 Å². The lowest BCUT2D eigenvalue weighted by Crippen LogP contribution is -2.25. The number of rotatable bonds is 4. The van der Waals surface area contributed by atoms with Crippen LogP contribution in [0.25, 0.3) is 20.3 Å². The zero-order valence-corrected chi connectivity index (χ0v) is 17.0. The van der Waals surface area contributed by atoms with Crippen molar-refractivity contribution in [1.29, 1.82) is 0 Å². The summed E-state index contributed by atoms with van der Waals surface area (Å²) in [7, 11) is 0. The molecular formula is C20H17BrN2O3S. The second-order valence-corrected chi connectivity index (χ2v) is 8.29. The van der Waals surface area contributed by atoms with Crippen molar-refractivity contribution in [2.45, 2.75) is 26.3 Å². The van der Waals surface area contributed by atoms with Crippen LogP contribution in [0.5, 0.6) is 11.5 Å². The van der Waals surface area contributed by atoms with Gasteiger partial charge in [0.2, 0.25) is 0 Å². The second-order valence-electron chi connectivity index (χ2n) is 6.38. The highest BCUT2D eigenvalue weighted by molar-refractivity contribution is 9.10. The van der Waals surface area contributed by atoms with Gasteiger partial charge in [-0.2, -0.15) is 0 Å². The molecule has 0 aliphatic heterocycles. The summed E-state index contributed by atoms with van der Waals surface area (Å²) < 4.78 is 3.13. The van der Waals surface area contributed by atoms with Gasteiger partial charge in [-0.15, -0.1) is 11.3 Å². The fourth-order valence-corrected chi connectivity index (χ4v) is 4.74. The van der Waals surface area contributed by atoms with E-state index in [1.165, 1.54) is 11.3 Å². The Morgan fingerprint density at radius 2 is 2.00 bits per heavy atom. The average molecular weight is 445 g/mol. The van der Waals surface area contributed by atoms with Gasteiger partial charge in [-0.25, -0.2) is 4.98 Å². The molecule has 0 saturated heterocycles. The lowest BCUT2D eigenvalue weighted by molar-refractivity contribution is 0.464. The van der Waals surface area contributed by atoms with Crippen molar-refractivity contribution >= 4 is 47.6 Å². The summed E-state index contributed by atoms with van der Waals surface area (Å²) in [6.45, 7) is 2.27. The minimum Gasteiger partial charge on any atom is -0.508 e. The number of aromatic hydroxyl groups is 2. The van der Waals surface area contributed by atoms with Gasteiger partial charge >= 0.3 is 0 Å². The summed E-state index contributed by atoms with van der Waals surface area (Å²) >= 11 is 4.74. The van der Waals surface area contributed by atoms with E-state index in [0.29, 0.717) is 38.1 Å². The number of thiophene rings is 1. The molecule has 0 saturated carbocycles. The average Bonchev–Trinajstić information content (AvgIpc) is 3.01. The van der Waals surface area contributed by atoms with E-state index >= 15 is 0 Å². The summed E-state index contributed by atoms with van der Waals surface area (Å²) in [5, 5.41) is 21.6. The molecule has 0 unspecified atom stereocenters. The van der Waals surface area contributed by atoms with E-state index in [0.717, 1.165) is 10.9 Å². The van der Waals surface area contributed by atoms with Crippen LogP contribution in [0.2, 0.25) is 0 Å². The lowest BCUT2D eigenvalue weighted by Gasteiger charge is -2.13. The molecule has 27 heavy (non-hydrogen) atoms. The van der Waals surface area contributed by atoms with Crippen LogP contribution in [0.15, 0.2) is 45.7 Å². The van der Waals surface area contributed by atoms with Crippen molar-refractivity contribution in [3.8, 4) is 11.5 Å². The molecule has 7 heteroatoms. The molecule has 0 spiro atoms. The third-order valence-corrected chi connectivity index (χ3v) is 6.14. The van der Waals surface area contributed by atoms with Gasteiger partial charge in [-0.1, -0.05) is 35.0 Å². The zero-order valence-electron chi connectivity index (χ0n) is 14.6. The van der Waals surface area contributed by atoms with Crippen molar-refractivity contribution in [1.82, 2.24) is 9.55 Å². The largest absolute Gasteiger partial charge is 0.508 e. The molecule has 0 atom stereocenters. The van der Waals surface area contributed by atoms with Crippen molar-refractivity contribution in [2.75, 3.05) is 0 Å². The molecule has 0 amide bonds. The SMILES string of the molecule is CCCc1nc2sc3c(O)cccc3c2c(=O)n1Cc1cc(Br)ccc1O. The van der Waals surface area contributed by atoms with E-state index in [1.54, 1.807) is 34.9 Å². The quantitative estimate of drug-likeness (QED) is 0.474. The van der Waals surface area contributed by atoms with Crippen molar-refractivity contribution in [3.05, 3.63) is 62.6 Å². The summed E-state index contributed by atoms with van der Waals surface area (Å²) in [6.07, 6.45) is 1.50. The number of aromatic nitrogens is 2. The first-order valence-electron chi connectivity index (χ1n) is 8.61. The molecule has 4 aromatic rings. The monoisotopic (exact) mass is 444 g/mol. The van der Waals surface area contributed by atoms with E-state index in [-0.39, 0.29) is 23.6 Å². The number of aryl methyl sites for hydroxylation is 1. The van der Waals surface area contributed by atoms with Crippen LogP contribution in [0.4, 0.5) is 0 Å². The first kappa shape index (κ1) is 18.0. The van der Waals surface area contributed by atoms with Gasteiger partial charge in [0.15, 0.2) is 0 Å². The number of halogens is 1. The highest BCUT2D eigenvalue weighted by Gasteiger charge is 2.18. The first-order valence-corrected chi connectivity index (χ1v) is 10.2. The Morgan fingerprint density at radius 1 is 1.19 bits per heavy atom. The van der Waals surface area contributed by atoms with Crippen molar-refractivity contribution in [2.24, 2.45) is 0 Å². The third kappa shape index (κ3) is 3.11. The Bertz CT molecular complexity index is 1230. The second kappa shape index (κ2) is 6.98. The maximum Gasteiger partial charge on any atom is 0.263 e. The molecule has 2 aromatic heterocycles. The van der Waals surface area contributed by atoms with Crippen LogP contribution < -0.4 is 5.56 Å². The molecule has 2 aromatic carbocycles. The minimum absolute atomic E-state index is 0.139. The number of nitrogens with zero attached hydrogens (tertiary/aromatic N) is 2. The Morgan fingerprint density at radius 3 is 2.78 bits per heavy atom. The number of phenolic OH excluding ortho intramolecular Hbond substituents is 2. The molecule has 2 heterocycles. The maximum absolute atomic E-state index is 13.4. The summed E-state index contributed by atoms with van der Waals surface area (Å²) in [6, 6.07) is 10.3. The molecule has 0 bridgehead atoms. The van der Waals surface area contributed by atoms with Gasteiger partial charge in [0, 0.05) is 21.8 Å². The fraction of sp³-hybridized carbons (Fsp3) is 0.200. The van der Waals surface area contributed by atoms with E-state index in [9.17, 15) is 15.0 Å². The molecule has 0 radical (unpaired) electrons. The third-order valence-electron chi connectivity index (χ3n) is 4.52. The minimum atomic E-state index is -0.153. The van der Waals surface area contributed by atoms with Crippen LogP contribution in [0, 0.1) is 0 Å². The number of hydrogen-bond donors (Lipinski definition) is 2. The zero-order chi connectivity index (χ0) is 19.1. The standard InChI is InChI=1S/C20H17BrN2O3S/c1-2-4-16-22-19-17(13-5-3-6-15(25)18(13)27-19)20(26)23(16)10-11-9-12(21)7-8-14(11)24/h3,5-9,24-25H,2,4,10H2,1H3. The van der Waals surface area contributed by atoms with Crippen LogP contribution in [0.3, 0.4) is 0 Å². The summed E-state index contributed by atoms with van der Waals surface area (Å²) in [5.74, 6) is 0.976. The Balaban J connectivity index is 2.00.